The summed E-state index contributed by atoms with van der Waals surface area (Å²) in [5.74, 6) is -1.37. The van der Waals surface area contributed by atoms with Crippen LogP contribution in [0.4, 0.5) is 4.79 Å². The Labute approximate surface area is 146 Å². The summed E-state index contributed by atoms with van der Waals surface area (Å²) in [6.07, 6.45) is 2.71. The molecule has 1 aliphatic rings. The first-order valence-electron chi connectivity index (χ1n) is 7.04. The van der Waals surface area contributed by atoms with Gasteiger partial charge >= 0.3 is 6.03 Å². The molecule has 0 bridgehead atoms. The molecular formula is C16H15BrN2O5. The highest BCUT2D eigenvalue weighted by atomic mass is 79.9. The number of amides is 4. The van der Waals surface area contributed by atoms with Crippen LogP contribution in [0.5, 0.6) is 11.5 Å². The molecule has 2 N–H and O–H groups in total. The molecule has 1 aromatic carbocycles. The Bertz CT molecular complexity index is 757. The normalized spacial score (nSPS) is 16.3. The van der Waals surface area contributed by atoms with E-state index in [-0.39, 0.29) is 23.6 Å². The lowest BCUT2D eigenvalue weighted by atomic mass is 10.1. The number of nitrogens with one attached hydrogen (secondary N) is 1. The van der Waals surface area contributed by atoms with Gasteiger partial charge in [0.2, 0.25) is 0 Å². The molecule has 2 rings (SSSR count). The van der Waals surface area contributed by atoms with Gasteiger partial charge < -0.3 is 9.84 Å². The summed E-state index contributed by atoms with van der Waals surface area (Å²) in [6.45, 7) is 5.55. The summed E-state index contributed by atoms with van der Waals surface area (Å²) in [7, 11) is 0. The lowest BCUT2D eigenvalue weighted by Crippen LogP contribution is -2.54. The monoisotopic (exact) mass is 394 g/mol. The second-order valence-electron chi connectivity index (χ2n) is 4.80. The van der Waals surface area contributed by atoms with Crippen molar-refractivity contribution in [3.8, 4) is 11.5 Å². The van der Waals surface area contributed by atoms with Gasteiger partial charge in [0.25, 0.3) is 11.8 Å². The SMILES string of the molecule is C=CCN1C(=O)NC(=O)C(=Cc2cc(Br)c(O)c(OCC)c2)C1=O. The van der Waals surface area contributed by atoms with E-state index in [1.54, 1.807) is 6.92 Å². The van der Waals surface area contributed by atoms with E-state index >= 15 is 0 Å². The third-order valence-corrected chi connectivity index (χ3v) is 3.76. The van der Waals surface area contributed by atoms with Gasteiger partial charge in [-0.05, 0) is 46.6 Å². The summed E-state index contributed by atoms with van der Waals surface area (Å²) >= 11 is 3.19. The summed E-state index contributed by atoms with van der Waals surface area (Å²) in [6, 6.07) is 2.23. The number of nitrogens with zero attached hydrogens (tertiary/aromatic N) is 1. The largest absolute Gasteiger partial charge is 0.503 e. The number of benzene rings is 1. The fraction of sp³-hybridized carbons (Fsp3) is 0.188. The van der Waals surface area contributed by atoms with E-state index in [0.717, 1.165) is 4.90 Å². The molecule has 126 valence electrons. The number of ether oxygens (including phenoxy) is 1. The highest BCUT2D eigenvalue weighted by Crippen LogP contribution is 2.36. The first-order chi connectivity index (χ1) is 11.4. The third kappa shape index (κ3) is 3.48. The molecular weight excluding hydrogens is 380 g/mol. The standard InChI is InChI=1S/C16H15BrN2O5/c1-3-5-19-15(22)10(14(21)18-16(19)23)6-9-7-11(17)13(20)12(8-9)24-4-2/h3,6-8,20H,1,4-5H2,2H3,(H,18,21,23). The number of barbiturate groups is 1. The van der Waals surface area contributed by atoms with E-state index in [1.807, 2.05) is 0 Å². The van der Waals surface area contributed by atoms with Crippen molar-refractivity contribution in [1.82, 2.24) is 10.2 Å². The van der Waals surface area contributed by atoms with E-state index in [1.165, 1.54) is 24.3 Å². The molecule has 0 radical (unpaired) electrons. The minimum atomic E-state index is -0.788. The van der Waals surface area contributed by atoms with Crippen molar-refractivity contribution in [2.45, 2.75) is 6.92 Å². The predicted octanol–water partition coefficient (Wildman–Crippen LogP) is 2.20. The number of aromatic hydroxyl groups is 1. The Morgan fingerprint density at radius 1 is 1.38 bits per heavy atom. The van der Waals surface area contributed by atoms with Crippen molar-refractivity contribution in [2.75, 3.05) is 13.2 Å². The van der Waals surface area contributed by atoms with Crippen LogP contribution in [0.15, 0.2) is 34.8 Å². The molecule has 8 heteroatoms. The molecule has 0 atom stereocenters. The lowest BCUT2D eigenvalue weighted by Gasteiger charge is -2.25. The molecule has 1 heterocycles. The smallest absolute Gasteiger partial charge is 0.331 e. The quantitative estimate of drug-likeness (QED) is 0.453. The fourth-order valence-corrected chi connectivity index (χ4v) is 2.56. The van der Waals surface area contributed by atoms with Crippen LogP contribution < -0.4 is 10.1 Å². The number of phenols is 1. The summed E-state index contributed by atoms with van der Waals surface area (Å²) < 4.78 is 5.66. The van der Waals surface area contributed by atoms with Crippen LogP contribution in [0.3, 0.4) is 0 Å². The van der Waals surface area contributed by atoms with Gasteiger partial charge in [-0.2, -0.15) is 0 Å². The molecule has 0 spiro atoms. The van der Waals surface area contributed by atoms with E-state index in [0.29, 0.717) is 16.6 Å². The second-order valence-corrected chi connectivity index (χ2v) is 5.66. The molecule has 4 amide bonds. The first-order valence-corrected chi connectivity index (χ1v) is 7.83. The van der Waals surface area contributed by atoms with Crippen molar-refractivity contribution in [2.24, 2.45) is 0 Å². The van der Waals surface area contributed by atoms with Gasteiger partial charge in [0.05, 0.1) is 11.1 Å². The van der Waals surface area contributed by atoms with Gasteiger partial charge in [0.15, 0.2) is 11.5 Å². The second kappa shape index (κ2) is 7.31. The van der Waals surface area contributed by atoms with Crippen molar-refractivity contribution >= 4 is 39.9 Å². The average molecular weight is 395 g/mol. The maximum absolute atomic E-state index is 12.3. The molecule has 24 heavy (non-hydrogen) atoms. The van der Waals surface area contributed by atoms with Crippen molar-refractivity contribution in [1.29, 1.82) is 0 Å². The van der Waals surface area contributed by atoms with E-state index < -0.39 is 17.8 Å². The number of phenolic OH excluding ortho intramolecular Hbond substituents is 1. The highest BCUT2D eigenvalue weighted by Gasteiger charge is 2.34. The zero-order valence-electron chi connectivity index (χ0n) is 12.8. The number of carbonyl (C=O) groups excluding carboxylic acids is 3. The van der Waals surface area contributed by atoms with Crippen molar-refractivity contribution in [3.63, 3.8) is 0 Å². The first kappa shape index (κ1) is 17.7. The summed E-state index contributed by atoms with van der Waals surface area (Å²) in [4.78, 5) is 36.9. The molecule has 1 aliphatic heterocycles. The Morgan fingerprint density at radius 2 is 2.08 bits per heavy atom. The maximum atomic E-state index is 12.3. The van der Waals surface area contributed by atoms with Crippen molar-refractivity contribution in [3.05, 3.63) is 40.4 Å². The fourth-order valence-electron chi connectivity index (χ4n) is 2.10. The third-order valence-electron chi connectivity index (χ3n) is 3.16. The number of imide groups is 2. The molecule has 1 aromatic rings. The highest BCUT2D eigenvalue weighted by molar-refractivity contribution is 9.10. The van der Waals surface area contributed by atoms with Crippen molar-refractivity contribution < 1.29 is 24.2 Å². The maximum Gasteiger partial charge on any atom is 0.331 e. The Hall–Kier alpha value is -2.61. The Morgan fingerprint density at radius 3 is 2.71 bits per heavy atom. The Kier molecular flexibility index (Phi) is 5.40. The number of halogens is 1. The predicted molar refractivity (Wildman–Crippen MR) is 90.4 cm³/mol. The zero-order valence-corrected chi connectivity index (χ0v) is 14.4. The van der Waals surface area contributed by atoms with Gasteiger partial charge in [0.1, 0.15) is 5.57 Å². The minimum absolute atomic E-state index is 0.0151. The number of hydrogen-bond donors (Lipinski definition) is 2. The Balaban J connectivity index is 2.45. The number of rotatable bonds is 5. The van der Waals surface area contributed by atoms with Gasteiger partial charge in [-0.25, -0.2) is 4.79 Å². The molecule has 0 aliphatic carbocycles. The van der Waals surface area contributed by atoms with E-state index in [4.69, 9.17) is 4.74 Å². The van der Waals surface area contributed by atoms with Crippen LogP contribution in [-0.4, -0.2) is 41.0 Å². The number of urea groups is 1. The van der Waals surface area contributed by atoms with Gasteiger partial charge in [-0.1, -0.05) is 6.08 Å². The average Bonchev–Trinajstić information content (AvgIpc) is 2.53. The summed E-state index contributed by atoms with van der Waals surface area (Å²) in [5, 5.41) is 12.0. The van der Waals surface area contributed by atoms with Crippen LogP contribution in [-0.2, 0) is 9.59 Å². The van der Waals surface area contributed by atoms with Gasteiger partial charge in [-0.15, -0.1) is 6.58 Å². The topological polar surface area (TPSA) is 95.9 Å². The molecule has 1 saturated heterocycles. The van der Waals surface area contributed by atoms with Crippen LogP contribution in [0, 0.1) is 0 Å². The molecule has 0 unspecified atom stereocenters. The molecule has 0 saturated carbocycles. The van der Waals surface area contributed by atoms with Crippen LogP contribution in [0.1, 0.15) is 12.5 Å². The van der Waals surface area contributed by atoms with Gasteiger partial charge in [-0.3, -0.25) is 19.8 Å². The lowest BCUT2D eigenvalue weighted by molar-refractivity contribution is -0.129. The molecule has 0 aromatic heterocycles. The minimum Gasteiger partial charge on any atom is -0.503 e. The van der Waals surface area contributed by atoms with Crippen LogP contribution >= 0.6 is 15.9 Å². The molecule has 7 nitrogen and oxygen atoms in total. The van der Waals surface area contributed by atoms with Crippen LogP contribution in [0.25, 0.3) is 6.08 Å². The number of carbonyl (C=O) groups is 3. The van der Waals surface area contributed by atoms with Crippen LogP contribution in [0.2, 0.25) is 0 Å². The van der Waals surface area contributed by atoms with E-state index in [2.05, 4.69) is 27.8 Å². The molecule has 1 fully saturated rings. The zero-order chi connectivity index (χ0) is 17.9. The van der Waals surface area contributed by atoms with Gasteiger partial charge in [0, 0.05) is 6.54 Å². The summed E-state index contributed by atoms with van der Waals surface area (Å²) in [5.41, 5.74) is 0.256. The number of hydrogen-bond acceptors (Lipinski definition) is 5. The van der Waals surface area contributed by atoms with E-state index in [9.17, 15) is 19.5 Å².